The Morgan fingerprint density at radius 1 is 1.27 bits per heavy atom. The number of hydrogen-bond acceptors (Lipinski definition) is 8. The molecule has 1 aromatic carbocycles. The van der Waals surface area contributed by atoms with Gasteiger partial charge in [-0.25, -0.2) is 4.79 Å². The van der Waals surface area contributed by atoms with Crippen LogP contribution < -0.4 is 15.8 Å². The molecule has 0 aliphatic rings. The monoisotopic (exact) mass is 356 g/mol. The van der Waals surface area contributed by atoms with Gasteiger partial charge in [-0.15, -0.1) is 10.2 Å². The number of nitrogens with zero attached hydrogens (tertiary/aromatic N) is 4. The summed E-state index contributed by atoms with van der Waals surface area (Å²) in [5.74, 6) is -0.757. The fourth-order valence-electron chi connectivity index (χ4n) is 2.31. The first kappa shape index (κ1) is 17.1. The second-order valence-corrected chi connectivity index (χ2v) is 5.10. The zero-order chi connectivity index (χ0) is 18.7. The minimum Gasteiger partial charge on any atom is -0.495 e. The van der Waals surface area contributed by atoms with E-state index in [-0.39, 0.29) is 29.3 Å². The summed E-state index contributed by atoms with van der Waals surface area (Å²) in [6.45, 7) is 1.89. The number of esters is 1. The van der Waals surface area contributed by atoms with Crippen LogP contribution in [0.2, 0.25) is 0 Å². The van der Waals surface area contributed by atoms with Gasteiger partial charge < -0.3 is 20.5 Å². The summed E-state index contributed by atoms with van der Waals surface area (Å²) in [6, 6.07) is 6.89. The number of carbonyl (C=O) groups is 2. The molecule has 0 saturated carbocycles. The van der Waals surface area contributed by atoms with E-state index in [1.54, 1.807) is 31.2 Å². The van der Waals surface area contributed by atoms with Gasteiger partial charge in [-0.3, -0.25) is 4.79 Å². The number of anilines is 2. The van der Waals surface area contributed by atoms with Crippen molar-refractivity contribution in [2.24, 2.45) is 0 Å². The van der Waals surface area contributed by atoms with Crippen molar-refractivity contribution in [2.75, 3.05) is 24.8 Å². The number of amides is 1. The standard InChI is InChI=1S/C16H16N6O4/c1-3-26-16(24)9-8-18-22-13(17)12(20-21-14(9)22)15(23)19-10-6-4-5-7-11(10)25-2/h4-8H,3,17H2,1-2H3,(H,19,23). The van der Waals surface area contributed by atoms with Crippen LogP contribution in [0.5, 0.6) is 5.75 Å². The van der Waals surface area contributed by atoms with E-state index in [1.807, 2.05) is 0 Å². The molecule has 2 aromatic heterocycles. The lowest BCUT2D eigenvalue weighted by Crippen LogP contribution is -2.20. The first-order valence-corrected chi connectivity index (χ1v) is 7.68. The first-order valence-electron chi connectivity index (χ1n) is 7.68. The van der Waals surface area contributed by atoms with Gasteiger partial charge in [-0.05, 0) is 19.1 Å². The number of hydrogen-bond donors (Lipinski definition) is 2. The van der Waals surface area contributed by atoms with Crippen LogP contribution in [-0.4, -0.2) is 45.4 Å². The Kier molecular flexibility index (Phi) is 4.65. The van der Waals surface area contributed by atoms with Crippen LogP contribution in [-0.2, 0) is 4.74 Å². The third-order valence-corrected chi connectivity index (χ3v) is 3.52. The number of nitrogen functional groups attached to an aromatic ring is 1. The lowest BCUT2D eigenvalue weighted by molar-refractivity contribution is 0.0528. The van der Waals surface area contributed by atoms with E-state index in [0.717, 1.165) is 4.52 Å². The molecular weight excluding hydrogens is 340 g/mol. The van der Waals surface area contributed by atoms with Gasteiger partial charge in [0.15, 0.2) is 17.2 Å². The second-order valence-electron chi connectivity index (χ2n) is 5.10. The van der Waals surface area contributed by atoms with Gasteiger partial charge in [-0.1, -0.05) is 12.1 Å². The summed E-state index contributed by atoms with van der Waals surface area (Å²) >= 11 is 0. The van der Waals surface area contributed by atoms with E-state index in [0.29, 0.717) is 11.4 Å². The molecule has 0 spiro atoms. The van der Waals surface area contributed by atoms with E-state index >= 15 is 0 Å². The van der Waals surface area contributed by atoms with Gasteiger partial charge in [0.2, 0.25) is 0 Å². The molecule has 0 radical (unpaired) electrons. The molecule has 3 aromatic rings. The van der Waals surface area contributed by atoms with Gasteiger partial charge in [0.1, 0.15) is 11.3 Å². The number of rotatable bonds is 5. The molecule has 3 rings (SSSR count). The first-order chi connectivity index (χ1) is 12.6. The van der Waals surface area contributed by atoms with Crippen LogP contribution in [0.1, 0.15) is 27.8 Å². The third kappa shape index (κ3) is 2.99. The zero-order valence-electron chi connectivity index (χ0n) is 14.1. The van der Waals surface area contributed by atoms with Crippen molar-refractivity contribution in [2.45, 2.75) is 6.92 Å². The highest BCUT2D eigenvalue weighted by Gasteiger charge is 2.22. The van der Waals surface area contributed by atoms with Crippen molar-refractivity contribution in [3.05, 3.63) is 41.7 Å². The zero-order valence-corrected chi connectivity index (χ0v) is 14.1. The van der Waals surface area contributed by atoms with Crippen molar-refractivity contribution in [1.29, 1.82) is 0 Å². The van der Waals surface area contributed by atoms with Crippen LogP contribution in [0.15, 0.2) is 30.5 Å². The van der Waals surface area contributed by atoms with E-state index in [2.05, 4.69) is 20.6 Å². The number of nitrogens with one attached hydrogen (secondary N) is 1. The molecule has 10 nitrogen and oxygen atoms in total. The van der Waals surface area contributed by atoms with Gasteiger partial charge in [0.25, 0.3) is 5.91 Å². The Morgan fingerprint density at radius 2 is 2.04 bits per heavy atom. The lowest BCUT2D eigenvalue weighted by atomic mass is 10.2. The maximum absolute atomic E-state index is 12.5. The maximum atomic E-state index is 12.5. The fraction of sp³-hybridized carbons (Fsp3) is 0.188. The van der Waals surface area contributed by atoms with Crippen molar-refractivity contribution in [1.82, 2.24) is 19.8 Å². The fourth-order valence-corrected chi connectivity index (χ4v) is 2.31. The maximum Gasteiger partial charge on any atom is 0.343 e. The number of fused-ring (bicyclic) bond motifs is 1. The average Bonchev–Trinajstić information content (AvgIpc) is 3.07. The van der Waals surface area contributed by atoms with Crippen LogP contribution in [0.3, 0.4) is 0 Å². The SMILES string of the molecule is CCOC(=O)c1cnn2c(N)c(C(=O)Nc3ccccc3OC)nnc12. The lowest BCUT2D eigenvalue weighted by Gasteiger charge is -2.10. The summed E-state index contributed by atoms with van der Waals surface area (Å²) < 4.78 is 11.3. The van der Waals surface area contributed by atoms with Gasteiger partial charge in [-0.2, -0.15) is 9.61 Å². The minimum absolute atomic E-state index is 0.0575. The third-order valence-electron chi connectivity index (χ3n) is 3.52. The molecule has 10 heteroatoms. The normalized spacial score (nSPS) is 10.5. The number of methoxy groups -OCH3 is 1. The summed E-state index contributed by atoms with van der Waals surface area (Å²) in [7, 11) is 1.49. The topological polar surface area (TPSA) is 134 Å². The van der Waals surface area contributed by atoms with E-state index in [1.165, 1.54) is 13.3 Å². The molecule has 0 unspecified atom stereocenters. The van der Waals surface area contributed by atoms with Crippen LogP contribution in [0.4, 0.5) is 11.5 Å². The Hall–Kier alpha value is -3.69. The average molecular weight is 356 g/mol. The number of para-hydroxylation sites is 2. The smallest absolute Gasteiger partial charge is 0.343 e. The van der Waals surface area contributed by atoms with Gasteiger partial charge >= 0.3 is 5.97 Å². The number of carbonyl (C=O) groups excluding carboxylic acids is 2. The molecule has 134 valence electrons. The van der Waals surface area contributed by atoms with Gasteiger partial charge in [0.05, 0.1) is 25.6 Å². The predicted molar refractivity (Wildman–Crippen MR) is 92.1 cm³/mol. The summed E-state index contributed by atoms with van der Waals surface area (Å²) in [5, 5.41) is 14.4. The van der Waals surface area contributed by atoms with Crippen molar-refractivity contribution in [3.8, 4) is 5.75 Å². The molecule has 0 saturated heterocycles. The molecule has 1 amide bonds. The highest BCUT2D eigenvalue weighted by Crippen LogP contribution is 2.24. The molecule has 0 bridgehead atoms. The largest absolute Gasteiger partial charge is 0.495 e. The Morgan fingerprint density at radius 3 is 2.77 bits per heavy atom. The molecule has 2 heterocycles. The minimum atomic E-state index is -0.595. The van der Waals surface area contributed by atoms with Crippen molar-refractivity contribution >= 4 is 29.0 Å². The predicted octanol–water partition coefficient (Wildman–Crippen LogP) is 1.14. The Labute approximate surface area is 147 Å². The van der Waals surface area contributed by atoms with Crippen LogP contribution in [0, 0.1) is 0 Å². The molecule has 0 fully saturated rings. The molecule has 0 atom stereocenters. The van der Waals surface area contributed by atoms with Crippen molar-refractivity contribution < 1.29 is 19.1 Å². The highest BCUT2D eigenvalue weighted by molar-refractivity contribution is 6.06. The van der Waals surface area contributed by atoms with Crippen molar-refractivity contribution in [3.63, 3.8) is 0 Å². The second kappa shape index (κ2) is 7.05. The molecule has 0 aliphatic heterocycles. The summed E-state index contributed by atoms with van der Waals surface area (Å²) in [5.41, 5.74) is 6.52. The molecule has 3 N–H and O–H groups in total. The van der Waals surface area contributed by atoms with Gasteiger partial charge in [0, 0.05) is 0 Å². The summed E-state index contributed by atoms with van der Waals surface area (Å²) in [6.07, 6.45) is 1.26. The Balaban J connectivity index is 1.94. The number of benzene rings is 1. The molecule has 0 aliphatic carbocycles. The molecule has 26 heavy (non-hydrogen) atoms. The Bertz CT molecular complexity index is 984. The highest BCUT2D eigenvalue weighted by atomic mass is 16.5. The van der Waals surface area contributed by atoms with Crippen LogP contribution in [0.25, 0.3) is 5.65 Å². The van der Waals surface area contributed by atoms with E-state index in [4.69, 9.17) is 15.2 Å². The quantitative estimate of drug-likeness (QED) is 0.650. The number of nitrogens with two attached hydrogens (primary N) is 1. The number of ether oxygens (including phenoxy) is 2. The van der Waals surface area contributed by atoms with Crippen LogP contribution >= 0.6 is 0 Å². The van der Waals surface area contributed by atoms with E-state index in [9.17, 15) is 9.59 Å². The molecular formula is C16H16N6O4. The number of aromatic nitrogens is 4. The van der Waals surface area contributed by atoms with E-state index < -0.39 is 11.9 Å². The summed E-state index contributed by atoms with van der Waals surface area (Å²) in [4.78, 5) is 24.4.